The normalized spacial score (nSPS) is 14.6. The number of aromatic amines is 1. The molecular formula is C17H15ClN4O3S. The van der Waals surface area contributed by atoms with E-state index in [9.17, 15) is 9.59 Å². The molecule has 0 spiro atoms. The monoisotopic (exact) mass is 390 g/mol. The lowest BCUT2D eigenvalue weighted by atomic mass is 10.2. The van der Waals surface area contributed by atoms with Crippen LogP contribution in [0.1, 0.15) is 20.0 Å². The maximum Gasteiger partial charge on any atom is 0.264 e. The minimum absolute atomic E-state index is 0.0420. The standard InChI is InChI=1S/C17H15ClN4O3S/c18-12-4-2-1-3-10(12)15(23)19-14-11-9-13(26-16(11)21-20-14)17(24)22-5-7-25-8-6-22/h1-4,9H,5-8H2,(H2,19,20,21,23). The number of hydrogen-bond donors (Lipinski definition) is 2. The van der Waals surface area contributed by atoms with Crippen molar-refractivity contribution in [2.75, 3.05) is 31.6 Å². The smallest absolute Gasteiger partial charge is 0.264 e. The summed E-state index contributed by atoms with van der Waals surface area (Å²) in [6.45, 7) is 2.26. The van der Waals surface area contributed by atoms with Crippen LogP contribution in [0.2, 0.25) is 5.02 Å². The second-order valence-corrected chi connectivity index (χ2v) is 7.20. The maximum atomic E-state index is 12.6. The first-order chi connectivity index (χ1) is 12.6. The minimum Gasteiger partial charge on any atom is -0.378 e. The zero-order valence-electron chi connectivity index (χ0n) is 13.6. The Balaban J connectivity index is 1.57. The van der Waals surface area contributed by atoms with E-state index in [0.717, 1.165) is 0 Å². The fraction of sp³-hybridized carbons (Fsp3) is 0.235. The second kappa shape index (κ2) is 7.06. The van der Waals surface area contributed by atoms with Crippen molar-refractivity contribution in [2.24, 2.45) is 0 Å². The van der Waals surface area contributed by atoms with E-state index in [2.05, 4.69) is 15.5 Å². The molecule has 0 unspecified atom stereocenters. The van der Waals surface area contributed by atoms with Crippen LogP contribution in [0.5, 0.6) is 0 Å². The first kappa shape index (κ1) is 17.0. The summed E-state index contributed by atoms with van der Waals surface area (Å²) in [5.74, 6) is 0.0651. The van der Waals surface area contributed by atoms with Gasteiger partial charge in [0.1, 0.15) is 10.6 Å². The quantitative estimate of drug-likeness (QED) is 0.719. The van der Waals surface area contributed by atoms with Crippen molar-refractivity contribution < 1.29 is 14.3 Å². The molecule has 26 heavy (non-hydrogen) atoms. The van der Waals surface area contributed by atoms with Crippen molar-refractivity contribution in [3.8, 4) is 0 Å². The third-order valence-electron chi connectivity index (χ3n) is 4.12. The van der Waals surface area contributed by atoms with E-state index in [1.54, 1.807) is 35.2 Å². The number of nitrogens with one attached hydrogen (secondary N) is 2. The Hall–Kier alpha value is -2.42. The molecule has 1 aromatic carbocycles. The van der Waals surface area contributed by atoms with Gasteiger partial charge in [-0.2, -0.15) is 5.10 Å². The highest BCUT2D eigenvalue weighted by molar-refractivity contribution is 7.20. The summed E-state index contributed by atoms with van der Waals surface area (Å²) >= 11 is 7.36. The number of amides is 2. The van der Waals surface area contributed by atoms with E-state index in [1.807, 2.05) is 0 Å². The van der Waals surface area contributed by atoms with Crippen LogP contribution in [-0.4, -0.2) is 53.2 Å². The van der Waals surface area contributed by atoms with Crippen molar-refractivity contribution in [2.45, 2.75) is 0 Å². The van der Waals surface area contributed by atoms with Crippen LogP contribution in [0.3, 0.4) is 0 Å². The Morgan fingerprint density at radius 3 is 2.81 bits per heavy atom. The number of morpholine rings is 1. The lowest BCUT2D eigenvalue weighted by molar-refractivity contribution is 0.0306. The third kappa shape index (κ3) is 3.18. The molecule has 0 saturated carbocycles. The van der Waals surface area contributed by atoms with Gasteiger partial charge in [-0.25, -0.2) is 0 Å². The van der Waals surface area contributed by atoms with Gasteiger partial charge in [-0.15, -0.1) is 11.3 Å². The largest absolute Gasteiger partial charge is 0.378 e. The molecule has 1 aliphatic heterocycles. The van der Waals surface area contributed by atoms with Crippen LogP contribution in [0, 0.1) is 0 Å². The maximum absolute atomic E-state index is 12.6. The highest BCUT2D eigenvalue weighted by Gasteiger charge is 2.22. The van der Waals surface area contributed by atoms with Crippen molar-refractivity contribution >= 4 is 50.8 Å². The topological polar surface area (TPSA) is 87.3 Å². The molecule has 3 aromatic rings. The third-order valence-corrected chi connectivity index (χ3v) is 5.46. The number of rotatable bonds is 3. The molecule has 1 saturated heterocycles. The summed E-state index contributed by atoms with van der Waals surface area (Å²) in [5, 5.41) is 10.8. The number of carbonyl (C=O) groups is 2. The summed E-state index contributed by atoms with van der Waals surface area (Å²) in [4.78, 5) is 28.1. The molecule has 4 rings (SSSR count). The van der Waals surface area contributed by atoms with Crippen molar-refractivity contribution in [1.29, 1.82) is 0 Å². The lowest BCUT2D eigenvalue weighted by Gasteiger charge is -2.26. The zero-order valence-corrected chi connectivity index (χ0v) is 15.2. The number of fused-ring (bicyclic) bond motifs is 1. The van der Waals surface area contributed by atoms with Crippen molar-refractivity contribution in [3.63, 3.8) is 0 Å². The van der Waals surface area contributed by atoms with E-state index in [4.69, 9.17) is 16.3 Å². The molecule has 2 aromatic heterocycles. The van der Waals surface area contributed by atoms with Crippen LogP contribution in [0.25, 0.3) is 10.2 Å². The van der Waals surface area contributed by atoms with E-state index < -0.39 is 0 Å². The van der Waals surface area contributed by atoms with Gasteiger partial charge >= 0.3 is 0 Å². The molecule has 134 valence electrons. The molecule has 0 atom stereocenters. The Bertz CT molecular complexity index is 977. The van der Waals surface area contributed by atoms with Crippen molar-refractivity contribution in [3.05, 3.63) is 45.8 Å². The van der Waals surface area contributed by atoms with Crippen molar-refractivity contribution in [1.82, 2.24) is 15.1 Å². The molecule has 0 aliphatic carbocycles. The van der Waals surface area contributed by atoms with E-state index in [-0.39, 0.29) is 11.8 Å². The number of aromatic nitrogens is 2. The Kier molecular flexibility index (Phi) is 4.62. The Morgan fingerprint density at radius 1 is 1.27 bits per heavy atom. The van der Waals surface area contributed by atoms with Gasteiger partial charge in [-0.3, -0.25) is 14.7 Å². The van der Waals surface area contributed by atoms with Gasteiger partial charge in [0.2, 0.25) is 0 Å². The number of thiophene rings is 1. The predicted octanol–water partition coefficient (Wildman–Crippen LogP) is 3.00. The zero-order chi connectivity index (χ0) is 18.1. The highest BCUT2D eigenvalue weighted by atomic mass is 35.5. The Morgan fingerprint density at radius 2 is 2.04 bits per heavy atom. The van der Waals surface area contributed by atoms with Crippen LogP contribution in [-0.2, 0) is 4.74 Å². The predicted molar refractivity (Wildman–Crippen MR) is 100 cm³/mol. The summed E-state index contributed by atoms with van der Waals surface area (Å²) < 4.78 is 5.28. The summed E-state index contributed by atoms with van der Waals surface area (Å²) in [6.07, 6.45) is 0. The molecule has 2 amide bonds. The van der Waals surface area contributed by atoms with Gasteiger partial charge in [-0.1, -0.05) is 23.7 Å². The van der Waals surface area contributed by atoms with Gasteiger partial charge in [-0.05, 0) is 18.2 Å². The molecule has 1 aliphatic rings. The van der Waals surface area contributed by atoms with Crippen LogP contribution >= 0.6 is 22.9 Å². The van der Waals surface area contributed by atoms with Crippen LogP contribution < -0.4 is 5.32 Å². The number of anilines is 1. The number of carbonyl (C=O) groups excluding carboxylic acids is 2. The Labute approximate surface area is 157 Å². The molecule has 2 N–H and O–H groups in total. The van der Waals surface area contributed by atoms with E-state index in [0.29, 0.717) is 57.8 Å². The van der Waals surface area contributed by atoms with E-state index >= 15 is 0 Å². The second-order valence-electron chi connectivity index (χ2n) is 5.77. The first-order valence-electron chi connectivity index (χ1n) is 8.04. The molecular weight excluding hydrogens is 376 g/mol. The van der Waals surface area contributed by atoms with Gasteiger partial charge < -0.3 is 15.0 Å². The van der Waals surface area contributed by atoms with Crippen LogP contribution in [0.4, 0.5) is 5.82 Å². The summed E-state index contributed by atoms with van der Waals surface area (Å²) in [6, 6.07) is 8.56. The molecule has 0 bridgehead atoms. The molecule has 9 heteroatoms. The van der Waals surface area contributed by atoms with Gasteiger partial charge in [0, 0.05) is 13.1 Å². The fourth-order valence-electron chi connectivity index (χ4n) is 2.76. The van der Waals surface area contributed by atoms with E-state index in [1.165, 1.54) is 11.3 Å². The number of H-pyrrole nitrogens is 1. The first-order valence-corrected chi connectivity index (χ1v) is 9.24. The van der Waals surface area contributed by atoms with Gasteiger partial charge in [0.05, 0.1) is 34.1 Å². The summed E-state index contributed by atoms with van der Waals surface area (Å²) in [5.41, 5.74) is 0.372. The average Bonchev–Trinajstić information content (AvgIpc) is 3.24. The fourth-order valence-corrected chi connectivity index (χ4v) is 3.94. The average molecular weight is 391 g/mol. The number of hydrogen-bond acceptors (Lipinski definition) is 5. The SMILES string of the molecule is O=C(Nc1[nH]nc2sc(C(=O)N3CCOCC3)cc12)c1ccccc1Cl. The summed E-state index contributed by atoms with van der Waals surface area (Å²) in [7, 11) is 0. The molecule has 7 nitrogen and oxygen atoms in total. The lowest BCUT2D eigenvalue weighted by Crippen LogP contribution is -2.40. The molecule has 0 radical (unpaired) electrons. The molecule has 1 fully saturated rings. The number of halogens is 1. The highest BCUT2D eigenvalue weighted by Crippen LogP contribution is 2.30. The number of ether oxygens (including phenoxy) is 1. The minimum atomic E-state index is -0.339. The molecule has 3 heterocycles. The number of benzene rings is 1. The van der Waals surface area contributed by atoms with Gasteiger partial charge in [0.15, 0.2) is 0 Å². The van der Waals surface area contributed by atoms with Gasteiger partial charge in [0.25, 0.3) is 11.8 Å². The number of nitrogens with zero attached hydrogens (tertiary/aromatic N) is 2. The van der Waals surface area contributed by atoms with Crippen LogP contribution in [0.15, 0.2) is 30.3 Å².